The Labute approximate surface area is 188 Å². The highest BCUT2D eigenvalue weighted by Crippen LogP contribution is 2.28. The molecule has 2 amide bonds. The summed E-state index contributed by atoms with van der Waals surface area (Å²) in [5.41, 5.74) is 3.65. The molecular formula is C23H20N4O2S2. The molecule has 0 saturated carbocycles. The molecule has 2 aromatic heterocycles. The minimum atomic E-state index is -0.245. The first-order valence-corrected chi connectivity index (χ1v) is 11.4. The quantitative estimate of drug-likeness (QED) is 0.392. The van der Waals surface area contributed by atoms with Crippen LogP contribution in [-0.4, -0.2) is 27.5 Å². The third kappa shape index (κ3) is 5.10. The number of thiazole rings is 1. The molecule has 0 aliphatic rings. The summed E-state index contributed by atoms with van der Waals surface area (Å²) in [6.45, 7) is 3.75. The number of thioether (sulfide) groups is 1. The van der Waals surface area contributed by atoms with Crippen molar-refractivity contribution in [1.82, 2.24) is 9.97 Å². The fourth-order valence-electron chi connectivity index (χ4n) is 3.11. The number of anilines is 2. The molecule has 2 heterocycles. The number of aromatic nitrogens is 2. The molecule has 4 aromatic rings. The highest BCUT2D eigenvalue weighted by molar-refractivity contribution is 8.00. The predicted molar refractivity (Wildman–Crippen MR) is 127 cm³/mol. The largest absolute Gasteiger partial charge is 0.322 e. The Bertz CT molecular complexity index is 1220. The van der Waals surface area contributed by atoms with Gasteiger partial charge in [-0.15, -0.1) is 0 Å². The summed E-state index contributed by atoms with van der Waals surface area (Å²) in [7, 11) is 0. The van der Waals surface area contributed by atoms with E-state index in [9.17, 15) is 9.59 Å². The summed E-state index contributed by atoms with van der Waals surface area (Å²) in [5.74, 6) is -0.318. The van der Waals surface area contributed by atoms with Crippen molar-refractivity contribution in [2.24, 2.45) is 0 Å². The van der Waals surface area contributed by atoms with E-state index in [0.717, 1.165) is 21.5 Å². The van der Waals surface area contributed by atoms with Crippen LogP contribution in [0.5, 0.6) is 0 Å². The van der Waals surface area contributed by atoms with Gasteiger partial charge in [0.2, 0.25) is 5.91 Å². The van der Waals surface area contributed by atoms with E-state index >= 15 is 0 Å². The number of hydrogen-bond donors (Lipinski definition) is 2. The minimum absolute atomic E-state index is 0.122. The number of nitrogens with one attached hydrogen (secondary N) is 2. The van der Waals surface area contributed by atoms with Crippen LogP contribution in [0.3, 0.4) is 0 Å². The topological polar surface area (TPSA) is 84.0 Å². The first-order chi connectivity index (χ1) is 15.0. The van der Waals surface area contributed by atoms with E-state index in [-0.39, 0.29) is 17.6 Å². The molecule has 0 atom stereocenters. The molecule has 4 rings (SSSR count). The van der Waals surface area contributed by atoms with E-state index in [1.54, 1.807) is 0 Å². The number of aryl methyl sites for hydroxylation is 2. The molecule has 0 spiro atoms. The van der Waals surface area contributed by atoms with E-state index in [1.807, 2.05) is 74.5 Å². The van der Waals surface area contributed by atoms with Crippen molar-refractivity contribution < 1.29 is 9.59 Å². The van der Waals surface area contributed by atoms with E-state index < -0.39 is 0 Å². The summed E-state index contributed by atoms with van der Waals surface area (Å²) in [6, 6.07) is 18.9. The highest BCUT2D eigenvalue weighted by atomic mass is 32.2. The maximum absolute atomic E-state index is 12.9. The number of fused-ring (bicyclic) bond motifs is 1. The van der Waals surface area contributed by atoms with E-state index in [2.05, 4.69) is 20.6 Å². The van der Waals surface area contributed by atoms with Crippen LogP contribution < -0.4 is 10.6 Å². The van der Waals surface area contributed by atoms with Crippen molar-refractivity contribution >= 4 is 55.9 Å². The number of hydrogen-bond acceptors (Lipinski definition) is 6. The molecule has 2 aromatic carbocycles. The number of carbonyl (C=O) groups is 2. The Morgan fingerprint density at radius 1 is 0.968 bits per heavy atom. The molecular weight excluding hydrogens is 428 g/mol. The molecule has 2 N–H and O–H groups in total. The number of carbonyl (C=O) groups excluding carboxylic acids is 2. The van der Waals surface area contributed by atoms with Crippen LogP contribution in [0, 0.1) is 13.8 Å². The van der Waals surface area contributed by atoms with Crippen LogP contribution in [0.25, 0.3) is 10.2 Å². The van der Waals surface area contributed by atoms with E-state index in [4.69, 9.17) is 0 Å². The fourth-order valence-corrected chi connectivity index (χ4v) is 4.94. The molecule has 8 heteroatoms. The number of amides is 2. The zero-order chi connectivity index (χ0) is 21.8. The second kappa shape index (κ2) is 9.28. The summed E-state index contributed by atoms with van der Waals surface area (Å²) in [5, 5.41) is 6.83. The van der Waals surface area contributed by atoms with Gasteiger partial charge in [-0.1, -0.05) is 53.4 Å². The number of para-hydroxylation sites is 2. The lowest BCUT2D eigenvalue weighted by atomic mass is 10.1. The van der Waals surface area contributed by atoms with E-state index in [0.29, 0.717) is 21.4 Å². The summed E-state index contributed by atoms with van der Waals surface area (Å²) >= 11 is 2.67. The van der Waals surface area contributed by atoms with Gasteiger partial charge in [0.25, 0.3) is 5.91 Å². The SMILES string of the molecule is Cc1cc(C)c(C(=O)Nc2ccccc2)c(SCC(=O)Nc2nc3ccccc3s2)n1. The van der Waals surface area contributed by atoms with Crippen LogP contribution >= 0.6 is 23.1 Å². The lowest BCUT2D eigenvalue weighted by molar-refractivity contribution is -0.113. The van der Waals surface area contributed by atoms with Crippen LogP contribution in [0.1, 0.15) is 21.6 Å². The van der Waals surface area contributed by atoms with Gasteiger partial charge < -0.3 is 10.6 Å². The Hall–Kier alpha value is -3.23. The minimum Gasteiger partial charge on any atom is -0.322 e. The van der Waals surface area contributed by atoms with Crippen molar-refractivity contribution in [3.8, 4) is 0 Å². The first-order valence-electron chi connectivity index (χ1n) is 9.62. The summed E-state index contributed by atoms with van der Waals surface area (Å²) in [4.78, 5) is 34.4. The normalized spacial score (nSPS) is 10.8. The number of rotatable bonds is 6. The molecule has 0 radical (unpaired) electrons. The zero-order valence-corrected chi connectivity index (χ0v) is 18.6. The lowest BCUT2D eigenvalue weighted by Gasteiger charge is -2.13. The second-order valence-corrected chi connectivity index (χ2v) is 8.90. The van der Waals surface area contributed by atoms with Gasteiger partial charge in [-0.2, -0.15) is 0 Å². The molecule has 0 aliphatic heterocycles. The van der Waals surface area contributed by atoms with Gasteiger partial charge in [0, 0.05) is 11.4 Å². The number of nitrogens with zero attached hydrogens (tertiary/aromatic N) is 2. The average Bonchev–Trinajstić information content (AvgIpc) is 3.14. The smallest absolute Gasteiger partial charge is 0.258 e. The molecule has 6 nitrogen and oxygen atoms in total. The lowest BCUT2D eigenvalue weighted by Crippen LogP contribution is -2.18. The fraction of sp³-hybridized carbons (Fsp3) is 0.130. The van der Waals surface area contributed by atoms with Crippen molar-refractivity contribution in [2.75, 3.05) is 16.4 Å². The maximum atomic E-state index is 12.9. The van der Waals surface area contributed by atoms with Crippen molar-refractivity contribution in [2.45, 2.75) is 18.9 Å². The molecule has 0 bridgehead atoms. The van der Waals surface area contributed by atoms with Crippen molar-refractivity contribution in [3.63, 3.8) is 0 Å². The van der Waals surface area contributed by atoms with Gasteiger partial charge in [-0.25, -0.2) is 9.97 Å². The Kier molecular flexibility index (Phi) is 6.29. The van der Waals surface area contributed by atoms with Gasteiger partial charge in [-0.3, -0.25) is 9.59 Å². The molecule has 0 saturated heterocycles. The molecule has 156 valence electrons. The van der Waals surface area contributed by atoms with Crippen LogP contribution in [-0.2, 0) is 4.79 Å². The molecule has 31 heavy (non-hydrogen) atoms. The molecule has 0 fully saturated rings. The number of benzene rings is 2. The monoisotopic (exact) mass is 448 g/mol. The first kappa shape index (κ1) is 21.0. The Morgan fingerprint density at radius 3 is 2.48 bits per heavy atom. The van der Waals surface area contributed by atoms with Gasteiger partial charge >= 0.3 is 0 Å². The Balaban J connectivity index is 1.48. The highest BCUT2D eigenvalue weighted by Gasteiger charge is 2.19. The average molecular weight is 449 g/mol. The van der Waals surface area contributed by atoms with Gasteiger partial charge in [0.15, 0.2) is 5.13 Å². The zero-order valence-electron chi connectivity index (χ0n) is 17.0. The standard InChI is InChI=1S/C23H20N4O2S2/c1-14-12-15(2)24-22(20(14)21(29)25-16-8-4-3-5-9-16)30-13-19(28)27-23-26-17-10-6-7-11-18(17)31-23/h3-12H,13H2,1-2H3,(H,25,29)(H,26,27,28). The van der Waals surface area contributed by atoms with Gasteiger partial charge in [-0.05, 0) is 49.7 Å². The van der Waals surface area contributed by atoms with Crippen molar-refractivity contribution in [3.05, 3.63) is 77.5 Å². The maximum Gasteiger partial charge on any atom is 0.258 e. The third-order valence-corrected chi connectivity index (χ3v) is 6.38. The van der Waals surface area contributed by atoms with Crippen LogP contribution in [0.2, 0.25) is 0 Å². The summed E-state index contributed by atoms with van der Waals surface area (Å²) < 4.78 is 1.02. The van der Waals surface area contributed by atoms with Gasteiger partial charge in [0.1, 0.15) is 5.03 Å². The van der Waals surface area contributed by atoms with Crippen LogP contribution in [0.4, 0.5) is 10.8 Å². The van der Waals surface area contributed by atoms with Crippen molar-refractivity contribution in [1.29, 1.82) is 0 Å². The third-order valence-electron chi connectivity index (χ3n) is 4.45. The van der Waals surface area contributed by atoms with Gasteiger partial charge in [0.05, 0.1) is 21.5 Å². The molecule has 0 aliphatic carbocycles. The summed E-state index contributed by atoms with van der Waals surface area (Å²) in [6.07, 6.45) is 0. The van der Waals surface area contributed by atoms with E-state index in [1.165, 1.54) is 23.1 Å². The predicted octanol–water partition coefficient (Wildman–Crippen LogP) is 5.29. The molecule has 0 unspecified atom stereocenters. The second-order valence-electron chi connectivity index (χ2n) is 6.90. The van der Waals surface area contributed by atoms with Crippen LogP contribution in [0.15, 0.2) is 65.7 Å². The number of pyridine rings is 1. The Morgan fingerprint density at radius 2 is 1.71 bits per heavy atom.